The first-order chi connectivity index (χ1) is 12.9. The molecule has 2 N–H and O–H groups in total. The number of aromatic amines is 1. The first-order valence-electron chi connectivity index (χ1n) is 7.92. The Labute approximate surface area is 155 Å². The molecule has 3 aromatic heterocycles. The molecule has 27 heavy (non-hydrogen) atoms. The number of nitrogens with zero attached hydrogens (tertiary/aromatic N) is 1. The Morgan fingerprint density at radius 2 is 1.85 bits per heavy atom. The van der Waals surface area contributed by atoms with Crippen LogP contribution in [0.15, 0.2) is 65.0 Å². The van der Waals surface area contributed by atoms with E-state index >= 15 is 0 Å². The predicted octanol–water partition coefficient (Wildman–Crippen LogP) is 5.41. The Kier molecular flexibility index (Phi) is 4.19. The number of aromatic nitrogens is 2. The van der Waals surface area contributed by atoms with Crippen LogP contribution < -0.4 is 10.1 Å². The maximum Gasteiger partial charge on any atom is 0.418 e. The second kappa shape index (κ2) is 6.55. The fourth-order valence-electron chi connectivity index (χ4n) is 2.90. The summed E-state index contributed by atoms with van der Waals surface area (Å²) in [6.45, 7) is 0. The molecule has 0 saturated carbocycles. The van der Waals surface area contributed by atoms with Crippen molar-refractivity contribution >= 4 is 33.6 Å². The summed E-state index contributed by atoms with van der Waals surface area (Å²) in [4.78, 5) is 18.7. The lowest BCUT2D eigenvalue weighted by Crippen LogP contribution is -2.08. The molecule has 0 radical (unpaired) electrons. The van der Waals surface area contributed by atoms with Gasteiger partial charge in [-0.05, 0) is 29.6 Å². The highest BCUT2D eigenvalue weighted by Gasteiger charge is 2.35. The molecule has 0 saturated heterocycles. The maximum absolute atomic E-state index is 13.5. The number of halogens is 3. The number of fused-ring (bicyclic) bond motifs is 1. The molecule has 0 aliphatic carbocycles. The lowest BCUT2D eigenvalue weighted by atomic mass is 10.1. The number of hydrogen-bond acceptors (Lipinski definition) is 4. The minimum absolute atomic E-state index is 0.0727. The van der Waals surface area contributed by atoms with E-state index in [2.05, 4.69) is 15.3 Å². The third kappa shape index (κ3) is 3.19. The summed E-state index contributed by atoms with van der Waals surface area (Å²) in [5, 5.41) is 5.30. The van der Waals surface area contributed by atoms with Gasteiger partial charge >= 0.3 is 6.18 Å². The van der Waals surface area contributed by atoms with Crippen molar-refractivity contribution < 1.29 is 13.2 Å². The first-order valence-corrected chi connectivity index (χ1v) is 8.80. The average Bonchev–Trinajstić information content (AvgIpc) is 3.02. The summed E-state index contributed by atoms with van der Waals surface area (Å²) in [5.41, 5.74) is 0.625. The topological polar surface area (TPSA) is 57.8 Å². The maximum atomic E-state index is 13.5. The van der Waals surface area contributed by atoms with Crippen molar-refractivity contribution in [1.82, 2.24) is 9.97 Å². The molecule has 8 heteroatoms. The molecule has 1 aromatic carbocycles. The van der Waals surface area contributed by atoms with Gasteiger partial charge in [0.25, 0.3) is 4.74 Å². The van der Waals surface area contributed by atoms with Crippen molar-refractivity contribution in [2.45, 2.75) is 6.18 Å². The van der Waals surface area contributed by atoms with Gasteiger partial charge in [-0.2, -0.15) is 13.2 Å². The van der Waals surface area contributed by atoms with Crippen molar-refractivity contribution in [3.05, 3.63) is 75.3 Å². The Hall–Kier alpha value is -3.13. The largest absolute Gasteiger partial charge is 0.418 e. The Balaban J connectivity index is 2.00. The molecular weight excluding hydrogens is 375 g/mol. The van der Waals surface area contributed by atoms with Crippen LogP contribution in [0.5, 0.6) is 0 Å². The van der Waals surface area contributed by atoms with E-state index in [0.717, 1.165) is 17.5 Å². The number of anilines is 2. The highest BCUT2D eigenvalue weighted by Crippen LogP contribution is 2.42. The first kappa shape index (κ1) is 17.3. The summed E-state index contributed by atoms with van der Waals surface area (Å²) in [6.07, 6.45) is -2.50. The second-order valence-corrected chi connectivity index (χ2v) is 6.66. The van der Waals surface area contributed by atoms with Crippen LogP contribution in [0.2, 0.25) is 0 Å². The zero-order chi connectivity index (χ0) is 19.0. The van der Waals surface area contributed by atoms with E-state index < -0.39 is 11.7 Å². The van der Waals surface area contributed by atoms with Crippen LogP contribution in [-0.2, 0) is 6.18 Å². The van der Waals surface area contributed by atoms with E-state index in [4.69, 9.17) is 0 Å². The zero-order valence-corrected chi connectivity index (χ0v) is 14.5. The SMILES string of the molecule is O=c1sccc2c(Nc3ccccc3)c(-c3ccncc3C(F)(F)F)[nH]c12. The van der Waals surface area contributed by atoms with Crippen LogP contribution in [-0.4, -0.2) is 9.97 Å². The van der Waals surface area contributed by atoms with Gasteiger partial charge in [0.2, 0.25) is 0 Å². The Morgan fingerprint density at radius 1 is 1.07 bits per heavy atom. The van der Waals surface area contributed by atoms with E-state index in [9.17, 15) is 18.0 Å². The van der Waals surface area contributed by atoms with Gasteiger partial charge in [-0.15, -0.1) is 11.3 Å². The van der Waals surface area contributed by atoms with Gasteiger partial charge in [-0.25, -0.2) is 0 Å². The van der Waals surface area contributed by atoms with Crippen molar-refractivity contribution in [3.63, 3.8) is 0 Å². The van der Waals surface area contributed by atoms with Gasteiger partial charge in [0.05, 0.1) is 16.9 Å². The smallest absolute Gasteiger partial charge is 0.353 e. The minimum atomic E-state index is -4.58. The van der Waals surface area contributed by atoms with Gasteiger partial charge < -0.3 is 10.3 Å². The van der Waals surface area contributed by atoms with E-state index in [1.54, 1.807) is 23.6 Å². The van der Waals surface area contributed by atoms with Crippen molar-refractivity contribution in [2.24, 2.45) is 0 Å². The second-order valence-electron chi connectivity index (χ2n) is 5.78. The molecule has 0 bridgehead atoms. The fraction of sp³-hybridized carbons (Fsp3) is 0.0526. The zero-order valence-electron chi connectivity index (χ0n) is 13.7. The summed E-state index contributed by atoms with van der Waals surface area (Å²) >= 11 is 0.981. The third-order valence-corrected chi connectivity index (χ3v) is 4.78. The van der Waals surface area contributed by atoms with Crippen molar-refractivity contribution in [1.29, 1.82) is 0 Å². The molecule has 4 nitrogen and oxygen atoms in total. The van der Waals surface area contributed by atoms with E-state index in [0.29, 0.717) is 16.8 Å². The summed E-state index contributed by atoms with van der Waals surface area (Å²) < 4.78 is 40.2. The molecule has 0 aliphatic rings. The summed E-state index contributed by atoms with van der Waals surface area (Å²) in [5.74, 6) is 0. The standard InChI is InChI=1S/C19H12F3N3OS/c20-19(21,22)14-10-23-8-6-12(14)15-16(24-11-4-2-1-3-5-11)13-7-9-27-18(26)17(13)25-15/h1-10,24-25H. The number of benzene rings is 1. The highest BCUT2D eigenvalue weighted by molar-refractivity contribution is 7.07. The van der Waals surface area contributed by atoms with Gasteiger partial charge in [-0.1, -0.05) is 18.2 Å². The van der Waals surface area contributed by atoms with Crippen LogP contribution in [0, 0.1) is 0 Å². The number of hydrogen-bond donors (Lipinski definition) is 2. The lowest BCUT2D eigenvalue weighted by molar-refractivity contribution is -0.137. The number of alkyl halides is 3. The molecule has 3 heterocycles. The van der Waals surface area contributed by atoms with Gasteiger partial charge in [-0.3, -0.25) is 9.78 Å². The monoisotopic (exact) mass is 387 g/mol. The molecule has 0 aliphatic heterocycles. The van der Waals surface area contributed by atoms with Gasteiger partial charge in [0.1, 0.15) is 5.52 Å². The molecule has 136 valence electrons. The van der Waals surface area contributed by atoms with Crippen molar-refractivity contribution in [3.8, 4) is 11.3 Å². The molecule has 4 rings (SSSR count). The molecule has 0 fully saturated rings. The van der Waals surface area contributed by atoms with Crippen LogP contribution in [0.4, 0.5) is 24.5 Å². The number of rotatable bonds is 3. The molecule has 0 unspecified atom stereocenters. The molecule has 0 spiro atoms. The van der Waals surface area contributed by atoms with Gasteiger partial charge in [0.15, 0.2) is 0 Å². The van der Waals surface area contributed by atoms with Crippen LogP contribution >= 0.6 is 11.3 Å². The molecule has 4 aromatic rings. The van der Waals surface area contributed by atoms with E-state index in [1.807, 2.05) is 18.2 Å². The third-order valence-electron chi connectivity index (χ3n) is 4.09. The molecule has 0 amide bonds. The average molecular weight is 387 g/mol. The summed E-state index contributed by atoms with van der Waals surface area (Å²) in [7, 11) is 0. The van der Waals surface area contributed by atoms with E-state index in [1.165, 1.54) is 12.3 Å². The lowest BCUT2D eigenvalue weighted by Gasteiger charge is -2.14. The van der Waals surface area contributed by atoms with Crippen molar-refractivity contribution in [2.75, 3.05) is 5.32 Å². The number of para-hydroxylation sites is 1. The normalized spacial score (nSPS) is 11.7. The number of H-pyrrole nitrogens is 1. The predicted molar refractivity (Wildman–Crippen MR) is 100 cm³/mol. The molecular formula is C19H12F3N3OS. The Morgan fingerprint density at radius 3 is 2.59 bits per heavy atom. The quantitative estimate of drug-likeness (QED) is 0.494. The number of pyridine rings is 1. The Bertz CT molecular complexity index is 1170. The minimum Gasteiger partial charge on any atom is -0.353 e. The van der Waals surface area contributed by atoms with Crippen LogP contribution in [0.1, 0.15) is 5.56 Å². The highest BCUT2D eigenvalue weighted by atomic mass is 32.1. The summed E-state index contributed by atoms with van der Waals surface area (Å²) in [6, 6.07) is 12.0. The van der Waals surface area contributed by atoms with E-state index in [-0.39, 0.29) is 21.5 Å². The fourth-order valence-corrected chi connectivity index (χ4v) is 3.51. The number of nitrogens with one attached hydrogen (secondary N) is 2. The van der Waals surface area contributed by atoms with Gasteiger partial charge in [0, 0.05) is 29.0 Å². The molecule has 0 atom stereocenters. The van der Waals surface area contributed by atoms with Crippen LogP contribution in [0.25, 0.3) is 22.2 Å². The van der Waals surface area contributed by atoms with Crippen LogP contribution in [0.3, 0.4) is 0 Å².